The summed E-state index contributed by atoms with van der Waals surface area (Å²) in [7, 11) is 0. The Hall–Kier alpha value is -0.437. The van der Waals surface area contributed by atoms with Crippen LogP contribution in [0.1, 0.15) is 5.56 Å². The third-order valence-corrected chi connectivity index (χ3v) is 2.29. The molecule has 0 unspecified atom stereocenters. The second kappa shape index (κ2) is 8.63. The Morgan fingerprint density at radius 2 is 2.06 bits per heavy atom. The molecule has 1 nitrogen and oxygen atoms in total. The molecule has 2 aromatic rings. The maximum atomic E-state index is 13.3. The number of ether oxygens (including phenoxy) is 1. The van der Waals surface area contributed by atoms with Crippen LogP contribution in [0.15, 0.2) is 42.5 Å². The van der Waals surface area contributed by atoms with E-state index in [1.165, 1.54) is 28.5 Å². The Labute approximate surface area is 127 Å². The van der Waals surface area contributed by atoms with E-state index in [1.54, 1.807) is 12.1 Å². The SMILES string of the molecule is Fc1cc(Cl)ccc1OCc1[c-]cccc1.[Zn+][Br]. The molecule has 0 spiro atoms. The molecule has 18 heavy (non-hydrogen) atoms. The molecule has 0 fully saturated rings. The van der Waals surface area contributed by atoms with E-state index in [2.05, 4.69) is 19.7 Å². The Kier molecular flexibility index (Phi) is 7.49. The molecule has 0 aliphatic rings. The molecule has 2 rings (SSSR count). The van der Waals surface area contributed by atoms with Crippen molar-refractivity contribution in [3.8, 4) is 5.75 Å². The number of hydrogen-bond acceptors (Lipinski definition) is 1. The van der Waals surface area contributed by atoms with Gasteiger partial charge in [0.05, 0.1) is 6.61 Å². The summed E-state index contributed by atoms with van der Waals surface area (Å²) in [4.78, 5) is 0. The minimum absolute atomic E-state index is 0.196. The standard InChI is InChI=1S/C13H9ClFO.BrH.Zn/c14-11-6-7-13(12(15)8-11)16-9-10-4-2-1-3-5-10;;/h1-4,6-8H,9H2;1H;/q-1;;+2/p-1. The monoisotopic (exact) mass is 378 g/mol. The fraction of sp³-hybridized carbons (Fsp3) is 0.0769. The third kappa shape index (κ3) is 5.05. The molecule has 90 valence electrons. The van der Waals surface area contributed by atoms with E-state index in [9.17, 15) is 4.39 Å². The second-order valence-electron chi connectivity index (χ2n) is 3.25. The first-order valence-electron chi connectivity index (χ1n) is 5.06. The summed E-state index contributed by atoms with van der Waals surface area (Å²) < 4.78 is 18.6. The molecule has 0 saturated carbocycles. The van der Waals surface area contributed by atoms with Crippen LogP contribution in [0.5, 0.6) is 5.75 Å². The van der Waals surface area contributed by atoms with Crippen LogP contribution in [0.4, 0.5) is 4.39 Å². The van der Waals surface area contributed by atoms with Gasteiger partial charge >= 0.3 is 30.0 Å². The van der Waals surface area contributed by atoms with Gasteiger partial charge in [0.15, 0.2) is 11.6 Å². The van der Waals surface area contributed by atoms with Gasteiger partial charge in [0.2, 0.25) is 0 Å². The maximum absolute atomic E-state index is 13.3. The minimum atomic E-state index is -0.455. The van der Waals surface area contributed by atoms with Crippen molar-refractivity contribution >= 4 is 25.2 Å². The third-order valence-electron chi connectivity index (χ3n) is 2.05. The number of rotatable bonds is 3. The van der Waals surface area contributed by atoms with E-state index >= 15 is 0 Å². The van der Waals surface area contributed by atoms with Crippen molar-refractivity contribution in [2.24, 2.45) is 0 Å². The van der Waals surface area contributed by atoms with Gasteiger partial charge < -0.3 is 4.74 Å². The Balaban J connectivity index is 0.000000771. The van der Waals surface area contributed by atoms with Crippen LogP contribution in [0.2, 0.25) is 5.02 Å². The molecule has 0 N–H and O–H groups in total. The number of halogens is 3. The van der Waals surface area contributed by atoms with E-state index in [0.29, 0.717) is 11.6 Å². The molecular weight excluding hydrogens is 372 g/mol. The first-order chi connectivity index (χ1) is 8.75. The average molecular weight is 381 g/mol. The molecule has 2 aromatic carbocycles. The molecule has 0 bridgehead atoms. The molecule has 0 atom stereocenters. The Bertz CT molecular complexity index is 482. The summed E-state index contributed by atoms with van der Waals surface area (Å²) in [6.45, 7) is 0.291. The summed E-state index contributed by atoms with van der Waals surface area (Å²) in [6.07, 6.45) is 0. The average Bonchev–Trinajstić information content (AvgIpc) is 2.41. The zero-order chi connectivity index (χ0) is 13.4. The van der Waals surface area contributed by atoms with E-state index in [4.69, 9.17) is 16.3 Å². The van der Waals surface area contributed by atoms with E-state index in [1.807, 2.05) is 18.2 Å². The normalized spacial score (nSPS) is 9.39. The van der Waals surface area contributed by atoms with Crippen LogP contribution in [0.25, 0.3) is 0 Å². The summed E-state index contributed by atoms with van der Waals surface area (Å²) >= 11 is 9.88. The van der Waals surface area contributed by atoms with Crippen molar-refractivity contribution in [2.45, 2.75) is 6.61 Å². The predicted molar refractivity (Wildman–Crippen MR) is 69.9 cm³/mol. The molecular formula is C13H9BrClFOZn. The van der Waals surface area contributed by atoms with Gasteiger partial charge in [-0.3, -0.25) is 0 Å². The van der Waals surface area contributed by atoms with Crippen molar-refractivity contribution < 1.29 is 25.5 Å². The van der Waals surface area contributed by atoms with Gasteiger partial charge in [0.1, 0.15) is 0 Å². The molecule has 0 aromatic heterocycles. The fourth-order valence-corrected chi connectivity index (χ4v) is 1.43. The van der Waals surface area contributed by atoms with Crippen LogP contribution in [0.3, 0.4) is 0 Å². The van der Waals surface area contributed by atoms with E-state index in [0.717, 1.165) is 5.56 Å². The van der Waals surface area contributed by atoms with Gasteiger partial charge in [-0.25, -0.2) is 4.39 Å². The van der Waals surface area contributed by atoms with Gasteiger partial charge in [-0.05, 0) is 18.2 Å². The molecule has 0 aliphatic heterocycles. The first-order valence-corrected chi connectivity index (χ1v) is 12.4. The molecule has 0 aliphatic carbocycles. The quantitative estimate of drug-likeness (QED) is 0.554. The molecule has 0 saturated heterocycles. The van der Waals surface area contributed by atoms with Crippen LogP contribution in [-0.2, 0) is 22.9 Å². The van der Waals surface area contributed by atoms with Gasteiger partial charge in [0.25, 0.3) is 0 Å². The van der Waals surface area contributed by atoms with Crippen molar-refractivity contribution in [1.29, 1.82) is 0 Å². The molecule has 0 radical (unpaired) electrons. The number of benzene rings is 2. The summed E-state index contributed by atoms with van der Waals surface area (Å²) in [5, 5.41) is 0.358. The predicted octanol–water partition coefficient (Wildman–Crippen LogP) is 4.70. The van der Waals surface area contributed by atoms with Gasteiger partial charge in [-0.15, -0.1) is 5.56 Å². The Morgan fingerprint density at radius 1 is 1.28 bits per heavy atom. The van der Waals surface area contributed by atoms with Crippen molar-refractivity contribution in [3.05, 3.63) is 64.9 Å². The van der Waals surface area contributed by atoms with Gasteiger partial charge in [-0.2, -0.15) is 30.3 Å². The zero-order valence-electron chi connectivity index (χ0n) is 9.50. The number of hydrogen-bond donors (Lipinski definition) is 0. The van der Waals surface area contributed by atoms with Crippen LogP contribution < -0.4 is 4.74 Å². The molecule has 0 heterocycles. The summed E-state index contributed by atoms with van der Waals surface area (Å²) in [5.41, 5.74) is 0.872. The summed E-state index contributed by atoms with van der Waals surface area (Å²) in [6, 6.07) is 14.7. The van der Waals surface area contributed by atoms with E-state index < -0.39 is 5.82 Å². The topological polar surface area (TPSA) is 9.23 Å². The van der Waals surface area contributed by atoms with Crippen LogP contribution >= 0.6 is 25.2 Å². The first kappa shape index (κ1) is 15.6. The summed E-state index contributed by atoms with van der Waals surface area (Å²) in [5.74, 6) is -0.259. The van der Waals surface area contributed by atoms with Gasteiger partial charge in [-0.1, -0.05) is 11.6 Å². The van der Waals surface area contributed by atoms with Crippen molar-refractivity contribution in [2.75, 3.05) is 0 Å². The fourth-order valence-electron chi connectivity index (χ4n) is 1.27. The Morgan fingerprint density at radius 3 is 2.67 bits per heavy atom. The zero-order valence-corrected chi connectivity index (χ0v) is 14.8. The van der Waals surface area contributed by atoms with Crippen molar-refractivity contribution in [1.82, 2.24) is 0 Å². The van der Waals surface area contributed by atoms with Crippen LogP contribution in [0, 0.1) is 11.9 Å². The molecule has 0 amide bonds. The van der Waals surface area contributed by atoms with E-state index in [-0.39, 0.29) is 5.75 Å². The van der Waals surface area contributed by atoms with Gasteiger partial charge in [0, 0.05) is 5.02 Å². The van der Waals surface area contributed by atoms with Crippen LogP contribution in [-0.4, -0.2) is 0 Å². The molecule has 5 heteroatoms. The van der Waals surface area contributed by atoms with Crippen molar-refractivity contribution in [3.63, 3.8) is 0 Å². The second-order valence-corrected chi connectivity index (χ2v) is 3.69.